The van der Waals surface area contributed by atoms with Crippen molar-refractivity contribution in [1.82, 2.24) is 10.2 Å². The Bertz CT molecular complexity index is 506. The Kier molecular flexibility index (Phi) is 6.81. The van der Waals surface area contributed by atoms with Gasteiger partial charge < -0.3 is 10.6 Å². The first kappa shape index (κ1) is 17.1. The molecule has 2 amide bonds. The minimum atomic E-state index is -0.361. The summed E-state index contributed by atoms with van der Waals surface area (Å²) in [4.78, 5) is 24.9. The van der Waals surface area contributed by atoms with Gasteiger partial charge >= 0.3 is 0 Å². The number of aryl methyl sites for hydroxylation is 1. The number of carbonyl (C=O) groups is 2. The maximum atomic E-state index is 13.4. The molecule has 1 rings (SSSR count). The highest BCUT2D eigenvalue weighted by Gasteiger charge is 2.11. The molecule has 21 heavy (non-hydrogen) atoms. The lowest BCUT2D eigenvalue weighted by Crippen LogP contribution is -2.39. The normalized spacial score (nSPS) is 10.5. The molecular formula is C15H22FN3O2. The van der Waals surface area contributed by atoms with Gasteiger partial charge in [-0.1, -0.05) is 13.0 Å². The number of hydrogen-bond acceptors (Lipinski definition) is 3. The molecule has 0 aliphatic rings. The van der Waals surface area contributed by atoms with Crippen LogP contribution in [0.4, 0.5) is 10.1 Å². The summed E-state index contributed by atoms with van der Waals surface area (Å²) in [5.74, 6) is -0.766. The first-order valence-electron chi connectivity index (χ1n) is 6.93. The Morgan fingerprint density at radius 2 is 1.90 bits per heavy atom. The minimum Gasteiger partial charge on any atom is -0.355 e. The zero-order valence-corrected chi connectivity index (χ0v) is 12.7. The fraction of sp³-hybridized carbons (Fsp3) is 0.467. The van der Waals surface area contributed by atoms with Crippen molar-refractivity contribution < 1.29 is 14.0 Å². The SMILES string of the molecule is CCCNC(=O)CN(C)CC(=O)Nc1ccc(C)c(F)c1. The summed E-state index contributed by atoms with van der Waals surface area (Å²) in [5, 5.41) is 5.34. The number of halogens is 1. The van der Waals surface area contributed by atoms with Gasteiger partial charge in [-0.2, -0.15) is 0 Å². The van der Waals surface area contributed by atoms with Crippen LogP contribution in [0.5, 0.6) is 0 Å². The second-order valence-electron chi connectivity index (χ2n) is 5.03. The molecule has 0 aromatic heterocycles. The zero-order valence-electron chi connectivity index (χ0n) is 12.7. The number of likely N-dealkylation sites (N-methyl/N-ethyl adjacent to an activating group) is 1. The van der Waals surface area contributed by atoms with Crippen LogP contribution in [0.25, 0.3) is 0 Å². The summed E-state index contributed by atoms with van der Waals surface area (Å²) in [6.07, 6.45) is 0.870. The Hall–Kier alpha value is -1.95. The van der Waals surface area contributed by atoms with E-state index < -0.39 is 0 Å². The molecule has 0 spiro atoms. The maximum Gasteiger partial charge on any atom is 0.238 e. The molecule has 0 unspecified atom stereocenters. The van der Waals surface area contributed by atoms with Gasteiger partial charge in [0.15, 0.2) is 0 Å². The molecular weight excluding hydrogens is 273 g/mol. The molecule has 0 bridgehead atoms. The van der Waals surface area contributed by atoms with E-state index in [1.807, 2.05) is 6.92 Å². The van der Waals surface area contributed by atoms with Crippen LogP contribution in [0.1, 0.15) is 18.9 Å². The molecule has 0 aliphatic carbocycles. The Morgan fingerprint density at radius 1 is 1.24 bits per heavy atom. The van der Waals surface area contributed by atoms with Crippen LogP contribution in [0.2, 0.25) is 0 Å². The van der Waals surface area contributed by atoms with E-state index in [4.69, 9.17) is 0 Å². The third kappa shape index (κ3) is 6.35. The van der Waals surface area contributed by atoms with Crippen LogP contribution < -0.4 is 10.6 Å². The fourth-order valence-corrected chi connectivity index (χ4v) is 1.74. The van der Waals surface area contributed by atoms with Gasteiger partial charge in [0.25, 0.3) is 0 Å². The third-order valence-corrected chi connectivity index (χ3v) is 2.85. The summed E-state index contributed by atoms with van der Waals surface area (Å²) in [5.41, 5.74) is 0.935. The average Bonchev–Trinajstić information content (AvgIpc) is 2.40. The molecule has 0 aliphatic heterocycles. The van der Waals surface area contributed by atoms with Crippen molar-refractivity contribution in [2.45, 2.75) is 20.3 Å². The van der Waals surface area contributed by atoms with Gasteiger partial charge in [-0.05, 0) is 38.1 Å². The molecule has 1 aromatic rings. The van der Waals surface area contributed by atoms with Crippen molar-refractivity contribution in [2.24, 2.45) is 0 Å². The Morgan fingerprint density at radius 3 is 2.52 bits per heavy atom. The monoisotopic (exact) mass is 295 g/mol. The van der Waals surface area contributed by atoms with Gasteiger partial charge in [-0.25, -0.2) is 4.39 Å². The fourth-order valence-electron chi connectivity index (χ4n) is 1.74. The molecule has 0 atom stereocenters. The van der Waals surface area contributed by atoms with Crippen molar-refractivity contribution in [3.8, 4) is 0 Å². The molecule has 0 saturated heterocycles. The van der Waals surface area contributed by atoms with Crippen LogP contribution in [-0.2, 0) is 9.59 Å². The lowest BCUT2D eigenvalue weighted by atomic mass is 10.2. The minimum absolute atomic E-state index is 0.0645. The first-order valence-corrected chi connectivity index (χ1v) is 6.93. The van der Waals surface area contributed by atoms with E-state index in [0.717, 1.165) is 6.42 Å². The summed E-state index contributed by atoms with van der Waals surface area (Å²) in [6.45, 7) is 4.47. The second kappa shape index (κ2) is 8.36. The highest BCUT2D eigenvalue weighted by molar-refractivity contribution is 5.92. The highest BCUT2D eigenvalue weighted by atomic mass is 19.1. The number of anilines is 1. The van der Waals surface area contributed by atoms with Gasteiger partial charge in [0.1, 0.15) is 5.82 Å². The second-order valence-corrected chi connectivity index (χ2v) is 5.03. The molecule has 0 saturated carbocycles. The van der Waals surface area contributed by atoms with E-state index in [1.54, 1.807) is 31.0 Å². The number of carbonyl (C=O) groups excluding carboxylic acids is 2. The number of nitrogens with one attached hydrogen (secondary N) is 2. The van der Waals surface area contributed by atoms with Crippen LogP contribution >= 0.6 is 0 Å². The topological polar surface area (TPSA) is 61.4 Å². The molecule has 0 fully saturated rings. The first-order chi connectivity index (χ1) is 9.92. The molecule has 5 nitrogen and oxygen atoms in total. The van der Waals surface area contributed by atoms with Gasteiger partial charge in [0.2, 0.25) is 11.8 Å². The van der Waals surface area contributed by atoms with Crippen LogP contribution in [0, 0.1) is 12.7 Å². The van der Waals surface area contributed by atoms with Crippen molar-refractivity contribution in [3.63, 3.8) is 0 Å². The average molecular weight is 295 g/mol. The van der Waals surface area contributed by atoms with E-state index >= 15 is 0 Å². The molecule has 1 aromatic carbocycles. The summed E-state index contributed by atoms with van der Waals surface area (Å²) >= 11 is 0. The number of hydrogen-bond donors (Lipinski definition) is 2. The lowest BCUT2D eigenvalue weighted by Gasteiger charge is -2.16. The summed E-state index contributed by atoms with van der Waals surface area (Å²) in [7, 11) is 1.68. The highest BCUT2D eigenvalue weighted by Crippen LogP contribution is 2.13. The standard InChI is InChI=1S/C15H22FN3O2/c1-4-7-17-14(20)9-19(3)10-15(21)18-12-6-5-11(2)13(16)8-12/h5-6,8H,4,7,9-10H2,1-3H3,(H,17,20)(H,18,21). The van der Waals surface area contributed by atoms with Gasteiger partial charge in [-0.3, -0.25) is 14.5 Å². The van der Waals surface area contributed by atoms with Crippen molar-refractivity contribution >= 4 is 17.5 Å². The van der Waals surface area contributed by atoms with Gasteiger partial charge in [0.05, 0.1) is 13.1 Å². The molecule has 6 heteroatoms. The summed E-state index contributed by atoms with van der Waals surface area (Å²) in [6, 6.07) is 4.53. The predicted molar refractivity (Wildman–Crippen MR) is 80.6 cm³/mol. The van der Waals surface area contributed by atoms with E-state index in [1.165, 1.54) is 6.07 Å². The van der Waals surface area contributed by atoms with Crippen molar-refractivity contribution in [2.75, 3.05) is 32.0 Å². The van der Waals surface area contributed by atoms with E-state index in [9.17, 15) is 14.0 Å². The molecule has 0 radical (unpaired) electrons. The maximum absolute atomic E-state index is 13.4. The molecule has 2 N–H and O–H groups in total. The van der Waals surface area contributed by atoms with E-state index in [2.05, 4.69) is 10.6 Å². The number of benzene rings is 1. The largest absolute Gasteiger partial charge is 0.355 e. The number of rotatable bonds is 7. The Labute approximate surface area is 124 Å². The van der Waals surface area contributed by atoms with E-state index in [-0.39, 0.29) is 30.7 Å². The zero-order chi connectivity index (χ0) is 15.8. The van der Waals surface area contributed by atoms with Gasteiger partial charge in [0, 0.05) is 12.2 Å². The predicted octanol–water partition coefficient (Wildman–Crippen LogP) is 1.53. The number of nitrogens with zero attached hydrogens (tertiary/aromatic N) is 1. The molecule has 116 valence electrons. The number of amides is 2. The summed E-state index contributed by atoms with van der Waals surface area (Å²) < 4.78 is 13.4. The van der Waals surface area contributed by atoms with Crippen LogP contribution in [-0.4, -0.2) is 43.4 Å². The van der Waals surface area contributed by atoms with Crippen LogP contribution in [0.15, 0.2) is 18.2 Å². The lowest BCUT2D eigenvalue weighted by molar-refractivity contribution is -0.122. The third-order valence-electron chi connectivity index (χ3n) is 2.85. The molecule has 0 heterocycles. The van der Waals surface area contributed by atoms with Gasteiger partial charge in [-0.15, -0.1) is 0 Å². The Balaban J connectivity index is 2.42. The van der Waals surface area contributed by atoms with Crippen LogP contribution in [0.3, 0.4) is 0 Å². The van der Waals surface area contributed by atoms with E-state index in [0.29, 0.717) is 17.8 Å². The quantitative estimate of drug-likeness (QED) is 0.802. The van der Waals surface area contributed by atoms with Crippen molar-refractivity contribution in [3.05, 3.63) is 29.6 Å². The van der Waals surface area contributed by atoms with Crippen molar-refractivity contribution in [1.29, 1.82) is 0 Å². The smallest absolute Gasteiger partial charge is 0.238 e.